The third-order valence-corrected chi connectivity index (χ3v) is 3.89. The lowest BCUT2D eigenvalue weighted by Gasteiger charge is -2.06. The van der Waals surface area contributed by atoms with Crippen LogP contribution in [0.4, 0.5) is 4.39 Å². The van der Waals surface area contributed by atoms with Gasteiger partial charge < -0.3 is 4.74 Å². The Morgan fingerprint density at radius 3 is 2.44 bits per heavy atom. The van der Waals surface area contributed by atoms with Gasteiger partial charge in [0.15, 0.2) is 5.82 Å². The second-order valence-electron chi connectivity index (χ2n) is 5.89. The standard InChI is InChI=1S/C21H16FN3O2/c1-2-3-14-12-24-20(25-13-14)15-4-6-16(7-5-15)21(26)27-18-9-8-17(11-23)19(22)10-18/h4-10,12-13H,2-3H2,1H3. The first kappa shape index (κ1) is 18.2. The molecule has 0 amide bonds. The number of nitriles is 1. The van der Waals surface area contributed by atoms with E-state index in [0.717, 1.165) is 30.0 Å². The van der Waals surface area contributed by atoms with Gasteiger partial charge >= 0.3 is 5.97 Å². The highest BCUT2D eigenvalue weighted by molar-refractivity contribution is 5.91. The first-order valence-corrected chi connectivity index (χ1v) is 8.44. The van der Waals surface area contributed by atoms with Gasteiger partial charge in [0.2, 0.25) is 0 Å². The minimum Gasteiger partial charge on any atom is -0.423 e. The molecule has 0 spiro atoms. The van der Waals surface area contributed by atoms with Crippen LogP contribution >= 0.6 is 0 Å². The molecular formula is C21H16FN3O2. The monoisotopic (exact) mass is 361 g/mol. The van der Waals surface area contributed by atoms with Crippen LogP contribution in [0.5, 0.6) is 5.75 Å². The number of carbonyl (C=O) groups is 1. The van der Waals surface area contributed by atoms with Gasteiger partial charge in [-0.05, 0) is 36.2 Å². The predicted octanol–water partition coefficient (Wildman–Crippen LogP) is 4.33. The zero-order chi connectivity index (χ0) is 19.2. The third kappa shape index (κ3) is 4.33. The van der Waals surface area contributed by atoms with E-state index in [9.17, 15) is 9.18 Å². The molecule has 0 atom stereocenters. The number of esters is 1. The normalized spacial score (nSPS) is 10.3. The van der Waals surface area contributed by atoms with Gasteiger partial charge in [-0.1, -0.05) is 25.5 Å². The van der Waals surface area contributed by atoms with Crippen LogP contribution in [-0.2, 0) is 6.42 Å². The fourth-order valence-electron chi connectivity index (χ4n) is 2.49. The van der Waals surface area contributed by atoms with Crippen molar-refractivity contribution in [3.8, 4) is 23.2 Å². The zero-order valence-corrected chi connectivity index (χ0v) is 14.6. The van der Waals surface area contributed by atoms with E-state index in [1.54, 1.807) is 42.7 Å². The van der Waals surface area contributed by atoms with Gasteiger partial charge in [0.25, 0.3) is 0 Å². The van der Waals surface area contributed by atoms with Crippen molar-refractivity contribution >= 4 is 5.97 Å². The molecule has 5 nitrogen and oxygen atoms in total. The number of hydrogen-bond acceptors (Lipinski definition) is 5. The molecule has 27 heavy (non-hydrogen) atoms. The van der Waals surface area contributed by atoms with Gasteiger partial charge in [0, 0.05) is 24.0 Å². The molecular weight excluding hydrogens is 345 g/mol. The number of carbonyl (C=O) groups excluding carboxylic acids is 1. The SMILES string of the molecule is CCCc1cnc(-c2ccc(C(=O)Oc3ccc(C#N)c(F)c3)cc2)nc1. The van der Waals surface area contributed by atoms with Gasteiger partial charge in [-0.2, -0.15) is 5.26 Å². The molecule has 0 saturated carbocycles. The molecule has 0 fully saturated rings. The summed E-state index contributed by atoms with van der Waals surface area (Å²) in [6.45, 7) is 2.10. The van der Waals surface area contributed by atoms with E-state index in [-0.39, 0.29) is 11.3 Å². The number of halogens is 1. The van der Waals surface area contributed by atoms with Crippen LogP contribution in [0.2, 0.25) is 0 Å². The van der Waals surface area contributed by atoms with Crippen LogP contribution in [0.1, 0.15) is 34.8 Å². The molecule has 3 rings (SSSR count). The fourth-order valence-corrected chi connectivity index (χ4v) is 2.49. The van der Waals surface area contributed by atoms with E-state index in [0.29, 0.717) is 11.4 Å². The first-order chi connectivity index (χ1) is 13.1. The van der Waals surface area contributed by atoms with E-state index in [1.165, 1.54) is 12.1 Å². The van der Waals surface area contributed by atoms with Crippen molar-refractivity contribution < 1.29 is 13.9 Å². The van der Waals surface area contributed by atoms with Crippen LogP contribution in [0.15, 0.2) is 54.9 Å². The summed E-state index contributed by atoms with van der Waals surface area (Å²) in [6.07, 6.45) is 5.56. The third-order valence-electron chi connectivity index (χ3n) is 3.89. The molecule has 0 aliphatic heterocycles. The minimum absolute atomic E-state index is 0.0374. The maximum atomic E-state index is 13.6. The van der Waals surface area contributed by atoms with Gasteiger partial charge in [0.1, 0.15) is 17.6 Å². The summed E-state index contributed by atoms with van der Waals surface area (Å²) in [5.41, 5.74) is 2.06. The Morgan fingerprint density at radius 1 is 1.15 bits per heavy atom. The Hall–Kier alpha value is -3.59. The largest absolute Gasteiger partial charge is 0.423 e. The quantitative estimate of drug-likeness (QED) is 0.499. The molecule has 0 aliphatic carbocycles. The predicted molar refractivity (Wildman–Crippen MR) is 97.5 cm³/mol. The molecule has 1 aromatic heterocycles. The Labute approximate surface area is 156 Å². The molecule has 0 saturated heterocycles. The van der Waals surface area contributed by atoms with Gasteiger partial charge in [-0.15, -0.1) is 0 Å². The van der Waals surface area contributed by atoms with Crippen molar-refractivity contribution in [2.24, 2.45) is 0 Å². The average molecular weight is 361 g/mol. The number of aromatic nitrogens is 2. The highest BCUT2D eigenvalue weighted by Crippen LogP contribution is 2.19. The Kier molecular flexibility index (Phi) is 5.53. The summed E-state index contributed by atoms with van der Waals surface area (Å²) in [5.74, 6) is -0.744. The lowest BCUT2D eigenvalue weighted by Crippen LogP contribution is -2.08. The number of aryl methyl sites for hydroxylation is 1. The molecule has 134 valence electrons. The highest BCUT2D eigenvalue weighted by atomic mass is 19.1. The smallest absolute Gasteiger partial charge is 0.343 e. The maximum absolute atomic E-state index is 13.6. The summed E-state index contributed by atoms with van der Waals surface area (Å²) in [6, 6.07) is 12.0. The number of nitrogens with zero attached hydrogens (tertiary/aromatic N) is 3. The second-order valence-corrected chi connectivity index (χ2v) is 5.89. The molecule has 6 heteroatoms. The molecule has 0 aliphatic rings. The van der Waals surface area contributed by atoms with Crippen molar-refractivity contribution in [2.45, 2.75) is 19.8 Å². The number of ether oxygens (including phenoxy) is 1. The van der Waals surface area contributed by atoms with E-state index in [2.05, 4.69) is 16.9 Å². The Bertz CT molecular complexity index is 993. The molecule has 0 bridgehead atoms. The lowest BCUT2D eigenvalue weighted by atomic mass is 10.1. The maximum Gasteiger partial charge on any atom is 0.343 e. The Balaban J connectivity index is 1.72. The number of rotatable bonds is 5. The van der Waals surface area contributed by atoms with E-state index >= 15 is 0 Å². The van der Waals surface area contributed by atoms with Crippen molar-refractivity contribution in [2.75, 3.05) is 0 Å². The summed E-state index contributed by atoms with van der Waals surface area (Å²) >= 11 is 0. The first-order valence-electron chi connectivity index (χ1n) is 8.44. The molecule has 0 radical (unpaired) electrons. The van der Waals surface area contributed by atoms with Crippen LogP contribution in [-0.4, -0.2) is 15.9 Å². The molecule has 1 heterocycles. The van der Waals surface area contributed by atoms with Crippen LogP contribution in [0, 0.1) is 17.1 Å². The van der Waals surface area contributed by atoms with Gasteiger partial charge in [0.05, 0.1) is 11.1 Å². The van der Waals surface area contributed by atoms with Crippen LogP contribution < -0.4 is 4.74 Å². The van der Waals surface area contributed by atoms with Crippen molar-refractivity contribution in [3.63, 3.8) is 0 Å². The topological polar surface area (TPSA) is 75.9 Å². The fraction of sp³-hybridized carbons (Fsp3) is 0.143. The highest BCUT2D eigenvalue weighted by Gasteiger charge is 2.11. The van der Waals surface area contributed by atoms with Crippen molar-refractivity contribution in [1.29, 1.82) is 5.26 Å². The van der Waals surface area contributed by atoms with Crippen LogP contribution in [0.25, 0.3) is 11.4 Å². The van der Waals surface area contributed by atoms with Gasteiger partial charge in [-0.3, -0.25) is 0 Å². The lowest BCUT2D eigenvalue weighted by molar-refractivity contribution is 0.0734. The Morgan fingerprint density at radius 2 is 1.85 bits per heavy atom. The zero-order valence-electron chi connectivity index (χ0n) is 14.6. The number of hydrogen-bond donors (Lipinski definition) is 0. The van der Waals surface area contributed by atoms with Crippen molar-refractivity contribution in [3.05, 3.63) is 77.4 Å². The molecule has 0 unspecified atom stereocenters. The van der Waals surface area contributed by atoms with E-state index in [1.807, 2.05) is 0 Å². The molecule has 3 aromatic rings. The average Bonchev–Trinajstić information content (AvgIpc) is 2.69. The van der Waals surface area contributed by atoms with E-state index < -0.39 is 11.8 Å². The second kappa shape index (κ2) is 8.19. The van der Waals surface area contributed by atoms with E-state index in [4.69, 9.17) is 10.00 Å². The summed E-state index contributed by atoms with van der Waals surface area (Å²) < 4.78 is 18.7. The summed E-state index contributed by atoms with van der Waals surface area (Å²) in [5, 5.41) is 8.72. The molecule has 0 N–H and O–H groups in total. The van der Waals surface area contributed by atoms with Crippen molar-refractivity contribution in [1.82, 2.24) is 9.97 Å². The summed E-state index contributed by atoms with van der Waals surface area (Å²) in [7, 11) is 0. The number of benzene rings is 2. The summed E-state index contributed by atoms with van der Waals surface area (Å²) in [4.78, 5) is 20.9. The van der Waals surface area contributed by atoms with Gasteiger partial charge in [-0.25, -0.2) is 19.2 Å². The van der Waals surface area contributed by atoms with Crippen LogP contribution in [0.3, 0.4) is 0 Å². The minimum atomic E-state index is -0.734. The molecule has 2 aromatic carbocycles.